The lowest BCUT2D eigenvalue weighted by Gasteiger charge is -2.24. The van der Waals surface area contributed by atoms with Crippen LogP contribution in [0.15, 0.2) is 53.9 Å². The number of nitrogens with zero attached hydrogens (tertiary/aromatic N) is 1. The molecule has 1 heterocycles. The number of aromatic carboxylic acids is 1. The van der Waals surface area contributed by atoms with E-state index in [0.717, 1.165) is 25.2 Å². The number of benzene rings is 1. The molecule has 8 heteroatoms. The van der Waals surface area contributed by atoms with E-state index in [1.165, 1.54) is 36.6 Å². The molecule has 7 nitrogen and oxygen atoms in total. The van der Waals surface area contributed by atoms with Crippen molar-refractivity contribution in [3.63, 3.8) is 0 Å². The third-order valence-electron chi connectivity index (χ3n) is 3.35. The molecule has 0 spiro atoms. The maximum atomic E-state index is 14.0. The lowest BCUT2D eigenvalue weighted by molar-refractivity contribution is -0.139. The van der Waals surface area contributed by atoms with Crippen molar-refractivity contribution in [2.24, 2.45) is 0 Å². The van der Waals surface area contributed by atoms with E-state index >= 15 is 0 Å². The summed E-state index contributed by atoms with van der Waals surface area (Å²) in [6.07, 6.45) is 5.54. The van der Waals surface area contributed by atoms with Crippen molar-refractivity contribution in [1.29, 1.82) is 0 Å². The summed E-state index contributed by atoms with van der Waals surface area (Å²) < 4.78 is 23.4. The van der Waals surface area contributed by atoms with Crippen LogP contribution in [0.4, 0.5) is 10.1 Å². The first-order valence-corrected chi connectivity index (χ1v) is 6.99. The number of methoxy groups -OCH3 is 2. The molecule has 0 aliphatic carbocycles. The van der Waals surface area contributed by atoms with E-state index in [0.29, 0.717) is 0 Å². The molecule has 0 saturated carbocycles. The topological polar surface area (TPSA) is 93.1 Å². The van der Waals surface area contributed by atoms with Gasteiger partial charge in [-0.3, -0.25) is 0 Å². The van der Waals surface area contributed by atoms with E-state index in [1.807, 2.05) is 0 Å². The first kappa shape index (κ1) is 17.9. The fourth-order valence-corrected chi connectivity index (χ4v) is 2.28. The summed E-state index contributed by atoms with van der Waals surface area (Å²) in [5.74, 6) is -4.27. The molecule has 1 aliphatic heterocycles. The van der Waals surface area contributed by atoms with Crippen LogP contribution < -0.4 is 4.90 Å². The van der Waals surface area contributed by atoms with Gasteiger partial charge in [-0.05, 0) is 24.3 Å². The number of carbonyl (C=O) groups is 3. The fraction of sp³-hybridized carbons (Fsp3) is 0.118. The molecule has 2 rings (SSSR count). The van der Waals surface area contributed by atoms with Gasteiger partial charge in [0.15, 0.2) is 0 Å². The predicted octanol–water partition coefficient (Wildman–Crippen LogP) is 2.01. The summed E-state index contributed by atoms with van der Waals surface area (Å²) in [5.41, 5.74) is -1.26. The summed E-state index contributed by atoms with van der Waals surface area (Å²) in [4.78, 5) is 36.8. The van der Waals surface area contributed by atoms with Crippen molar-refractivity contribution in [2.45, 2.75) is 0 Å². The largest absolute Gasteiger partial charge is 0.478 e. The highest BCUT2D eigenvalue weighted by Gasteiger charge is 2.30. The van der Waals surface area contributed by atoms with Gasteiger partial charge in [0.05, 0.1) is 25.5 Å². The SMILES string of the molecule is COC(=O)C1=C(C(=O)OC)N(c2cccc(F)c2C(=O)O)C=CC=C1. The van der Waals surface area contributed by atoms with E-state index in [1.54, 1.807) is 0 Å². The predicted molar refractivity (Wildman–Crippen MR) is 85.2 cm³/mol. The summed E-state index contributed by atoms with van der Waals surface area (Å²) in [6, 6.07) is 3.57. The second-order valence-electron chi connectivity index (χ2n) is 4.76. The molecule has 1 N–H and O–H groups in total. The molecule has 0 fully saturated rings. The summed E-state index contributed by atoms with van der Waals surface area (Å²) in [7, 11) is 2.23. The van der Waals surface area contributed by atoms with E-state index in [9.17, 15) is 23.9 Å². The van der Waals surface area contributed by atoms with Crippen LogP contribution >= 0.6 is 0 Å². The van der Waals surface area contributed by atoms with Gasteiger partial charge in [0, 0.05) is 6.20 Å². The Hall–Kier alpha value is -3.42. The molecule has 25 heavy (non-hydrogen) atoms. The van der Waals surface area contributed by atoms with Gasteiger partial charge in [-0.25, -0.2) is 18.8 Å². The highest BCUT2D eigenvalue weighted by Crippen LogP contribution is 2.30. The molecule has 0 amide bonds. The molecule has 1 aliphatic rings. The Morgan fingerprint density at radius 3 is 2.36 bits per heavy atom. The summed E-state index contributed by atoms with van der Waals surface area (Å²) in [6.45, 7) is 0. The minimum absolute atomic E-state index is 0.144. The second-order valence-corrected chi connectivity index (χ2v) is 4.76. The van der Waals surface area contributed by atoms with Crippen molar-refractivity contribution in [3.8, 4) is 0 Å². The van der Waals surface area contributed by atoms with E-state index in [4.69, 9.17) is 4.74 Å². The Balaban J connectivity index is 2.79. The molecular formula is C17H14FNO6. The van der Waals surface area contributed by atoms with Gasteiger partial charge < -0.3 is 19.5 Å². The number of allylic oxidation sites excluding steroid dienone is 2. The van der Waals surface area contributed by atoms with Crippen LogP contribution in [0.3, 0.4) is 0 Å². The Morgan fingerprint density at radius 1 is 1.08 bits per heavy atom. The Morgan fingerprint density at radius 2 is 1.76 bits per heavy atom. The first-order chi connectivity index (χ1) is 11.9. The van der Waals surface area contributed by atoms with Crippen molar-refractivity contribution in [3.05, 3.63) is 65.3 Å². The number of esters is 2. The third-order valence-corrected chi connectivity index (χ3v) is 3.35. The number of hydrogen-bond acceptors (Lipinski definition) is 6. The van der Waals surface area contributed by atoms with Crippen LogP contribution in [0.2, 0.25) is 0 Å². The molecule has 0 unspecified atom stereocenters. The third kappa shape index (κ3) is 3.42. The van der Waals surface area contributed by atoms with Gasteiger partial charge in [-0.15, -0.1) is 0 Å². The maximum Gasteiger partial charge on any atom is 0.355 e. The Bertz CT molecular complexity index is 824. The highest BCUT2D eigenvalue weighted by molar-refractivity contribution is 6.07. The molecule has 0 saturated heterocycles. The number of carboxylic acids is 1. The standard InChI is InChI=1S/C17H14FNO6/c1-24-16(22)10-6-3-4-9-19(14(10)17(23)25-2)12-8-5-7-11(18)13(12)15(20)21/h3-9H,1-2H3,(H,20,21). The van der Waals surface area contributed by atoms with Crippen LogP contribution in [-0.4, -0.2) is 37.2 Å². The van der Waals surface area contributed by atoms with Gasteiger partial charge in [0.1, 0.15) is 17.1 Å². The molecule has 130 valence electrons. The quantitative estimate of drug-likeness (QED) is 0.833. The van der Waals surface area contributed by atoms with Gasteiger partial charge >= 0.3 is 17.9 Å². The molecule has 0 aromatic heterocycles. The lowest BCUT2D eigenvalue weighted by Crippen LogP contribution is -2.28. The smallest absolute Gasteiger partial charge is 0.355 e. The van der Waals surface area contributed by atoms with Gasteiger partial charge in [-0.2, -0.15) is 0 Å². The lowest BCUT2D eigenvalue weighted by atomic mass is 10.1. The summed E-state index contributed by atoms with van der Waals surface area (Å²) >= 11 is 0. The van der Waals surface area contributed by atoms with Crippen molar-refractivity contribution in [1.82, 2.24) is 0 Å². The monoisotopic (exact) mass is 347 g/mol. The van der Waals surface area contributed by atoms with E-state index in [2.05, 4.69) is 4.74 Å². The van der Waals surface area contributed by atoms with Crippen molar-refractivity contribution in [2.75, 3.05) is 19.1 Å². The van der Waals surface area contributed by atoms with Crippen LogP contribution in [0.5, 0.6) is 0 Å². The zero-order valence-corrected chi connectivity index (χ0v) is 13.4. The number of anilines is 1. The normalized spacial score (nSPS) is 13.5. The van der Waals surface area contributed by atoms with Crippen molar-refractivity contribution >= 4 is 23.6 Å². The van der Waals surface area contributed by atoms with Crippen molar-refractivity contribution < 1.29 is 33.4 Å². The molecule has 0 atom stereocenters. The average molecular weight is 347 g/mol. The fourth-order valence-electron chi connectivity index (χ4n) is 2.28. The van der Waals surface area contributed by atoms with Gasteiger partial charge in [0.25, 0.3) is 0 Å². The maximum absolute atomic E-state index is 14.0. The van der Waals surface area contributed by atoms with Gasteiger partial charge in [0.2, 0.25) is 0 Å². The van der Waals surface area contributed by atoms with Crippen LogP contribution in [0.25, 0.3) is 0 Å². The van der Waals surface area contributed by atoms with Crippen LogP contribution in [-0.2, 0) is 19.1 Å². The van der Waals surface area contributed by atoms with Crippen LogP contribution in [0, 0.1) is 5.82 Å². The molecular weight excluding hydrogens is 333 g/mol. The highest BCUT2D eigenvalue weighted by atomic mass is 19.1. The van der Waals surface area contributed by atoms with E-state index in [-0.39, 0.29) is 17.0 Å². The van der Waals surface area contributed by atoms with Crippen LogP contribution in [0.1, 0.15) is 10.4 Å². The molecule has 0 radical (unpaired) electrons. The molecule has 0 bridgehead atoms. The van der Waals surface area contributed by atoms with E-state index < -0.39 is 29.3 Å². The Labute approximate surface area is 142 Å². The minimum atomic E-state index is -1.53. The number of rotatable bonds is 4. The van der Waals surface area contributed by atoms with Gasteiger partial charge in [-0.1, -0.05) is 12.1 Å². The first-order valence-electron chi connectivity index (χ1n) is 6.99. The number of carbonyl (C=O) groups excluding carboxylic acids is 2. The minimum Gasteiger partial charge on any atom is -0.478 e. The molecule has 1 aromatic rings. The number of halogens is 1. The number of hydrogen-bond donors (Lipinski definition) is 1. The zero-order valence-electron chi connectivity index (χ0n) is 13.4. The number of carboxylic acid groups (broad SMARTS) is 1. The average Bonchev–Trinajstić information content (AvgIpc) is 2.82. The zero-order chi connectivity index (χ0) is 18.6. The second kappa shape index (κ2) is 7.43. The Kier molecular flexibility index (Phi) is 5.33. The summed E-state index contributed by atoms with van der Waals surface area (Å²) in [5, 5.41) is 9.32. The molecule has 1 aromatic carbocycles. The number of ether oxygens (including phenoxy) is 2.